The monoisotopic (exact) mass is 537 g/mol. The minimum absolute atomic E-state index is 0.0253. The molecule has 0 aromatic heterocycles. The first kappa shape index (κ1) is 28.1. The van der Waals surface area contributed by atoms with Crippen molar-refractivity contribution >= 4 is 17.4 Å². The number of hydrogen-bond donors (Lipinski definition) is 1. The van der Waals surface area contributed by atoms with E-state index in [-0.39, 0.29) is 17.2 Å². The zero-order valence-corrected chi connectivity index (χ0v) is 24.3. The maximum atomic E-state index is 13.6. The van der Waals surface area contributed by atoms with E-state index in [9.17, 15) is 9.59 Å². The molecule has 4 nitrogen and oxygen atoms in total. The summed E-state index contributed by atoms with van der Waals surface area (Å²) >= 11 is 0. The van der Waals surface area contributed by atoms with Crippen molar-refractivity contribution in [3.8, 4) is 11.5 Å². The fourth-order valence-electron chi connectivity index (χ4n) is 6.37. The van der Waals surface area contributed by atoms with Gasteiger partial charge in [-0.3, -0.25) is 9.59 Å². The SMILES string of the molecule is CC(C)(C)c1ccc(CCC(=O)CCC2CCCCC2)cc1NC(=O)CC1c2ccccc2Oc2ccccc21. The Kier molecular flexibility index (Phi) is 8.73. The summed E-state index contributed by atoms with van der Waals surface area (Å²) in [7, 11) is 0. The van der Waals surface area contributed by atoms with E-state index in [4.69, 9.17) is 4.74 Å². The number of benzene rings is 3. The van der Waals surface area contributed by atoms with E-state index in [1.165, 1.54) is 32.1 Å². The second kappa shape index (κ2) is 12.4. The van der Waals surface area contributed by atoms with E-state index in [0.717, 1.165) is 51.8 Å². The highest BCUT2D eigenvalue weighted by atomic mass is 16.5. The van der Waals surface area contributed by atoms with Gasteiger partial charge in [-0.2, -0.15) is 0 Å². The predicted molar refractivity (Wildman–Crippen MR) is 162 cm³/mol. The Morgan fingerprint density at radius 2 is 1.50 bits per heavy atom. The normalized spacial score (nSPS) is 15.6. The number of rotatable bonds is 9. The first-order chi connectivity index (χ1) is 19.3. The number of aryl methyl sites for hydroxylation is 1. The summed E-state index contributed by atoms with van der Waals surface area (Å²) in [6.07, 6.45) is 9.90. The highest BCUT2D eigenvalue weighted by Crippen LogP contribution is 2.45. The van der Waals surface area contributed by atoms with Crippen LogP contribution in [0.3, 0.4) is 0 Å². The Labute approximate surface area is 239 Å². The van der Waals surface area contributed by atoms with Gasteiger partial charge in [0.1, 0.15) is 17.3 Å². The highest BCUT2D eigenvalue weighted by Gasteiger charge is 2.29. The average molecular weight is 538 g/mol. The molecule has 0 spiro atoms. The third kappa shape index (κ3) is 6.83. The van der Waals surface area contributed by atoms with Crippen LogP contribution in [0.2, 0.25) is 0 Å². The first-order valence-electron chi connectivity index (χ1n) is 15.1. The summed E-state index contributed by atoms with van der Waals surface area (Å²) in [6.45, 7) is 6.49. The molecule has 1 heterocycles. The van der Waals surface area contributed by atoms with Crippen LogP contribution >= 0.6 is 0 Å². The van der Waals surface area contributed by atoms with E-state index in [0.29, 0.717) is 31.5 Å². The van der Waals surface area contributed by atoms with Crippen molar-refractivity contribution in [3.63, 3.8) is 0 Å². The predicted octanol–water partition coefficient (Wildman–Crippen LogP) is 9.11. The van der Waals surface area contributed by atoms with Crippen molar-refractivity contribution in [1.29, 1.82) is 0 Å². The fourth-order valence-corrected chi connectivity index (χ4v) is 6.37. The number of nitrogens with one attached hydrogen (secondary N) is 1. The van der Waals surface area contributed by atoms with E-state index >= 15 is 0 Å². The standard InChI is InChI=1S/C36H43NO3/c1-36(2,3)31-22-19-26(18-21-27(38)20-17-25-11-5-4-6-12-25)23-32(31)37-35(39)24-30-28-13-7-9-15-33(28)40-34-16-10-8-14-29(30)34/h7-10,13-16,19,22-23,25,30H,4-6,11-12,17-18,20-21,24H2,1-3H3,(H,37,39). The average Bonchev–Trinajstić information content (AvgIpc) is 2.95. The molecular weight excluding hydrogens is 494 g/mol. The number of carbonyl (C=O) groups is 2. The molecule has 0 radical (unpaired) electrons. The van der Waals surface area contributed by atoms with Crippen LogP contribution in [0.4, 0.5) is 5.69 Å². The third-order valence-corrected chi connectivity index (χ3v) is 8.61. The van der Waals surface area contributed by atoms with Crippen LogP contribution in [0.1, 0.15) is 107 Å². The molecule has 3 aromatic carbocycles. The summed E-state index contributed by atoms with van der Waals surface area (Å²) < 4.78 is 6.13. The van der Waals surface area contributed by atoms with Crippen molar-refractivity contribution in [1.82, 2.24) is 0 Å². The molecule has 40 heavy (non-hydrogen) atoms. The topological polar surface area (TPSA) is 55.4 Å². The smallest absolute Gasteiger partial charge is 0.225 e. The van der Waals surface area contributed by atoms with E-state index in [1.54, 1.807) is 0 Å². The summed E-state index contributed by atoms with van der Waals surface area (Å²) in [5, 5.41) is 3.26. The molecule has 0 saturated heterocycles. The van der Waals surface area contributed by atoms with Gasteiger partial charge in [-0.05, 0) is 53.5 Å². The molecular formula is C36H43NO3. The van der Waals surface area contributed by atoms with Gasteiger partial charge in [0.2, 0.25) is 5.91 Å². The number of carbonyl (C=O) groups excluding carboxylic acids is 2. The molecule has 5 rings (SSSR count). The Balaban J connectivity index is 1.28. The lowest BCUT2D eigenvalue weighted by Gasteiger charge is -2.28. The zero-order chi connectivity index (χ0) is 28.1. The molecule has 1 aliphatic carbocycles. The molecule has 210 valence electrons. The van der Waals surface area contributed by atoms with Crippen LogP contribution in [0, 0.1) is 5.92 Å². The fraction of sp³-hybridized carbons (Fsp3) is 0.444. The molecule has 1 fully saturated rings. The Morgan fingerprint density at radius 1 is 0.850 bits per heavy atom. The Morgan fingerprint density at radius 3 is 2.15 bits per heavy atom. The van der Waals surface area contributed by atoms with Gasteiger partial charge in [-0.1, -0.05) is 101 Å². The number of amides is 1. The van der Waals surface area contributed by atoms with Crippen LogP contribution < -0.4 is 10.1 Å². The zero-order valence-electron chi connectivity index (χ0n) is 24.3. The minimum atomic E-state index is -0.130. The molecule has 3 aromatic rings. The quantitative estimate of drug-likeness (QED) is 0.296. The first-order valence-corrected chi connectivity index (χ1v) is 15.1. The molecule has 1 saturated carbocycles. The lowest BCUT2D eigenvalue weighted by molar-refractivity contribution is -0.119. The van der Waals surface area contributed by atoms with E-state index in [2.05, 4.69) is 56.4 Å². The van der Waals surface area contributed by atoms with Gasteiger partial charge in [0, 0.05) is 42.0 Å². The molecule has 2 aliphatic rings. The number of hydrogen-bond acceptors (Lipinski definition) is 3. The second-order valence-electron chi connectivity index (χ2n) is 12.7. The molecule has 0 atom stereocenters. The lowest BCUT2D eigenvalue weighted by atomic mass is 9.83. The Hall–Kier alpha value is -3.40. The van der Waals surface area contributed by atoms with Crippen LogP contribution in [-0.4, -0.2) is 11.7 Å². The molecule has 1 N–H and O–H groups in total. The van der Waals surface area contributed by atoms with Gasteiger partial charge in [0.25, 0.3) is 0 Å². The third-order valence-electron chi connectivity index (χ3n) is 8.61. The van der Waals surface area contributed by atoms with Crippen molar-refractivity contribution in [3.05, 3.63) is 89.0 Å². The minimum Gasteiger partial charge on any atom is -0.457 e. The molecule has 1 amide bonds. The lowest BCUT2D eigenvalue weighted by Crippen LogP contribution is -2.22. The molecule has 0 unspecified atom stereocenters. The number of fused-ring (bicyclic) bond motifs is 2. The number of ketones is 1. The highest BCUT2D eigenvalue weighted by molar-refractivity contribution is 5.93. The summed E-state index contributed by atoms with van der Waals surface area (Å²) in [5.41, 5.74) is 4.98. The maximum Gasteiger partial charge on any atom is 0.225 e. The van der Waals surface area contributed by atoms with Gasteiger partial charge in [0.05, 0.1) is 0 Å². The molecule has 1 aliphatic heterocycles. The van der Waals surface area contributed by atoms with Gasteiger partial charge in [-0.15, -0.1) is 0 Å². The second-order valence-corrected chi connectivity index (χ2v) is 12.7. The summed E-state index contributed by atoms with van der Waals surface area (Å²) in [4.78, 5) is 26.3. The molecule has 4 heteroatoms. The van der Waals surface area contributed by atoms with Gasteiger partial charge >= 0.3 is 0 Å². The van der Waals surface area contributed by atoms with Crippen LogP contribution in [0.5, 0.6) is 11.5 Å². The van der Waals surface area contributed by atoms with Gasteiger partial charge in [-0.25, -0.2) is 0 Å². The molecule has 0 bridgehead atoms. The van der Waals surface area contributed by atoms with Crippen molar-refractivity contribution in [2.45, 2.75) is 96.3 Å². The largest absolute Gasteiger partial charge is 0.457 e. The summed E-state index contributed by atoms with van der Waals surface area (Å²) in [6, 6.07) is 22.3. The van der Waals surface area contributed by atoms with Crippen LogP contribution in [-0.2, 0) is 21.4 Å². The number of para-hydroxylation sites is 2. The van der Waals surface area contributed by atoms with Crippen LogP contribution in [0.15, 0.2) is 66.7 Å². The van der Waals surface area contributed by atoms with Crippen molar-refractivity contribution in [2.24, 2.45) is 5.92 Å². The number of ether oxygens (including phenoxy) is 1. The van der Waals surface area contributed by atoms with E-state index < -0.39 is 0 Å². The summed E-state index contributed by atoms with van der Waals surface area (Å²) in [5.74, 6) is 2.61. The maximum absolute atomic E-state index is 13.6. The van der Waals surface area contributed by atoms with Crippen molar-refractivity contribution < 1.29 is 14.3 Å². The Bertz CT molecular complexity index is 1300. The number of anilines is 1. The number of Topliss-reactive ketones (excluding diaryl/α,β-unsaturated/α-hetero) is 1. The van der Waals surface area contributed by atoms with E-state index in [1.807, 2.05) is 36.4 Å². The van der Waals surface area contributed by atoms with Crippen LogP contribution in [0.25, 0.3) is 0 Å². The van der Waals surface area contributed by atoms with Gasteiger partial charge < -0.3 is 10.1 Å². The van der Waals surface area contributed by atoms with Gasteiger partial charge in [0.15, 0.2) is 0 Å². The van der Waals surface area contributed by atoms with Crippen molar-refractivity contribution in [2.75, 3.05) is 5.32 Å².